The molecule has 2 heterocycles. The van der Waals surface area contributed by atoms with Gasteiger partial charge in [0.2, 0.25) is 5.91 Å². The summed E-state index contributed by atoms with van der Waals surface area (Å²) in [5, 5.41) is 0. The molecule has 1 aromatic carbocycles. The maximum Gasteiger partial charge on any atom is 0.226 e. The third-order valence-electron chi connectivity index (χ3n) is 5.40. The van der Waals surface area contributed by atoms with Gasteiger partial charge in [-0.3, -0.25) is 4.79 Å². The van der Waals surface area contributed by atoms with E-state index in [1.54, 1.807) is 0 Å². The van der Waals surface area contributed by atoms with E-state index < -0.39 is 0 Å². The fourth-order valence-electron chi connectivity index (χ4n) is 4.23. The smallest absolute Gasteiger partial charge is 0.226 e. The molecule has 4 rings (SSSR count). The lowest BCUT2D eigenvalue weighted by Crippen LogP contribution is -2.32. The van der Waals surface area contributed by atoms with Gasteiger partial charge in [0, 0.05) is 28.1 Å². The molecule has 0 radical (unpaired) electrons. The van der Waals surface area contributed by atoms with Crippen molar-refractivity contribution in [1.82, 2.24) is 4.90 Å². The summed E-state index contributed by atoms with van der Waals surface area (Å²) in [6.45, 7) is 7.36. The Morgan fingerprint density at radius 1 is 1.12 bits per heavy atom. The van der Waals surface area contributed by atoms with Crippen molar-refractivity contribution in [3.8, 4) is 0 Å². The number of carbonyl (C=O) groups excluding carboxylic acids is 1. The van der Waals surface area contributed by atoms with Crippen molar-refractivity contribution in [2.24, 2.45) is 5.92 Å². The van der Waals surface area contributed by atoms with Crippen LogP contribution >= 0.6 is 11.3 Å². The molecular formula is C21H25NOS. The van der Waals surface area contributed by atoms with Gasteiger partial charge in [0.15, 0.2) is 0 Å². The second-order valence-corrected chi connectivity index (χ2v) is 8.83. The lowest BCUT2D eigenvalue weighted by atomic mass is 9.99. The Bertz CT molecular complexity index is 758. The van der Waals surface area contributed by atoms with Gasteiger partial charge in [0.1, 0.15) is 0 Å². The largest absolute Gasteiger partial charge is 0.335 e. The second kappa shape index (κ2) is 6.03. The first-order valence-electron chi connectivity index (χ1n) is 8.98. The highest BCUT2D eigenvalue weighted by Crippen LogP contribution is 2.52. The average Bonchev–Trinajstić information content (AvgIpc) is 2.96. The van der Waals surface area contributed by atoms with Crippen molar-refractivity contribution < 1.29 is 4.79 Å². The minimum Gasteiger partial charge on any atom is -0.335 e. The van der Waals surface area contributed by atoms with E-state index in [1.807, 2.05) is 11.3 Å². The van der Waals surface area contributed by atoms with Crippen LogP contribution in [0.15, 0.2) is 30.3 Å². The first-order valence-corrected chi connectivity index (χ1v) is 9.79. The Kier molecular flexibility index (Phi) is 4.00. The molecule has 1 aromatic heterocycles. The first kappa shape index (κ1) is 15.9. The molecule has 0 N–H and O–H groups in total. The zero-order valence-electron chi connectivity index (χ0n) is 14.7. The highest BCUT2D eigenvalue weighted by atomic mass is 32.1. The molecule has 2 aliphatic rings. The number of aryl methyl sites for hydroxylation is 3. The SMILES string of the molecule is Cc1cc(C)cc(C2CCCN2C(=O)C2CC2c2ccc(C)s2)c1. The number of carbonyl (C=O) groups is 1. The molecule has 3 heteroatoms. The van der Waals surface area contributed by atoms with E-state index in [-0.39, 0.29) is 12.0 Å². The predicted octanol–water partition coefficient (Wildman–Crippen LogP) is 5.14. The van der Waals surface area contributed by atoms with E-state index >= 15 is 0 Å². The van der Waals surface area contributed by atoms with Gasteiger partial charge in [-0.25, -0.2) is 0 Å². The molecule has 0 bridgehead atoms. The summed E-state index contributed by atoms with van der Waals surface area (Å²) < 4.78 is 0. The average molecular weight is 340 g/mol. The fraction of sp³-hybridized carbons (Fsp3) is 0.476. The van der Waals surface area contributed by atoms with Crippen LogP contribution in [0.5, 0.6) is 0 Å². The Hall–Kier alpha value is -1.61. The zero-order chi connectivity index (χ0) is 16.8. The Morgan fingerprint density at radius 2 is 1.88 bits per heavy atom. The summed E-state index contributed by atoms with van der Waals surface area (Å²) in [7, 11) is 0. The summed E-state index contributed by atoms with van der Waals surface area (Å²) in [5.74, 6) is 1.07. The molecular weight excluding hydrogens is 314 g/mol. The second-order valence-electron chi connectivity index (χ2n) is 7.51. The van der Waals surface area contributed by atoms with Crippen LogP contribution in [0.2, 0.25) is 0 Å². The summed E-state index contributed by atoms with van der Waals surface area (Å²) in [6.07, 6.45) is 3.26. The summed E-state index contributed by atoms with van der Waals surface area (Å²) in [6, 6.07) is 11.4. The van der Waals surface area contributed by atoms with Gasteiger partial charge in [-0.2, -0.15) is 0 Å². The zero-order valence-corrected chi connectivity index (χ0v) is 15.5. The summed E-state index contributed by atoms with van der Waals surface area (Å²) >= 11 is 1.85. The number of thiophene rings is 1. The van der Waals surface area contributed by atoms with Gasteiger partial charge in [0.05, 0.1) is 6.04 Å². The molecule has 1 aliphatic heterocycles. The first-order chi connectivity index (χ1) is 11.5. The highest BCUT2D eigenvalue weighted by molar-refractivity contribution is 7.12. The van der Waals surface area contributed by atoms with Crippen LogP contribution in [0, 0.1) is 26.7 Å². The third-order valence-corrected chi connectivity index (χ3v) is 6.53. The Morgan fingerprint density at radius 3 is 2.54 bits per heavy atom. The number of hydrogen-bond acceptors (Lipinski definition) is 2. The van der Waals surface area contributed by atoms with Crippen LogP contribution in [-0.2, 0) is 4.79 Å². The molecule has 126 valence electrons. The van der Waals surface area contributed by atoms with Crippen molar-refractivity contribution in [3.63, 3.8) is 0 Å². The van der Waals surface area contributed by atoms with Gasteiger partial charge < -0.3 is 4.90 Å². The lowest BCUT2D eigenvalue weighted by molar-refractivity contribution is -0.133. The van der Waals surface area contributed by atoms with E-state index in [9.17, 15) is 4.79 Å². The number of likely N-dealkylation sites (tertiary alicyclic amines) is 1. The van der Waals surface area contributed by atoms with Crippen molar-refractivity contribution >= 4 is 17.2 Å². The van der Waals surface area contributed by atoms with Crippen molar-refractivity contribution in [2.45, 2.75) is 52.0 Å². The number of rotatable bonds is 3. The van der Waals surface area contributed by atoms with Gasteiger partial charge >= 0.3 is 0 Å². The molecule has 2 fully saturated rings. The standard InChI is InChI=1S/C21H25NOS/c1-13-9-14(2)11-16(10-13)19-5-4-8-22(19)21(23)18-12-17(18)20-7-6-15(3)24-20/h6-7,9-11,17-19H,4-5,8,12H2,1-3H3. The molecule has 1 saturated carbocycles. The monoisotopic (exact) mass is 339 g/mol. The number of amides is 1. The van der Waals surface area contributed by atoms with E-state index in [1.165, 1.54) is 26.4 Å². The van der Waals surface area contributed by atoms with E-state index in [0.717, 1.165) is 25.8 Å². The van der Waals surface area contributed by atoms with E-state index in [0.29, 0.717) is 11.8 Å². The van der Waals surface area contributed by atoms with Gasteiger partial charge in [0.25, 0.3) is 0 Å². The van der Waals surface area contributed by atoms with Crippen LogP contribution in [0.25, 0.3) is 0 Å². The normalized spacial score (nSPS) is 26.0. The van der Waals surface area contributed by atoms with Gasteiger partial charge in [-0.15, -0.1) is 11.3 Å². The quantitative estimate of drug-likeness (QED) is 0.758. The molecule has 3 atom stereocenters. The molecule has 0 spiro atoms. The number of nitrogens with zero attached hydrogens (tertiary/aromatic N) is 1. The van der Waals surface area contributed by atoms with Crippen molar-refractivity contribution in [1.29, 1.82) is 0 Å². The van der Waals surface area contributed by atoms with Crippen molar-refractivity contribution in [2.75, 3.05) is 6.54 Å². The van der Waals surface area contributed by atoms with Crippen LogP contribution in [-0.4, -0.2) is 17.4 Å². The van der Waals surface area contributed by atoms with E-state index in [4.69, 9.17) is 0 Å². The molecule has 3 unspecified atom stereocenters. The number of benzene rings is 1. The Labute approximate surface area is 148 Å². The Balaban J connectivity index is 1.52. The molecule has 1 aliphatic carbocycles. The van der Waals surface area contributed by atoms with Gasteiger partial charge in [-0.05, 0) is 57.7 Å². The molecule has 1 saturated heterocycles. The molecule has 1 amide bonds. The summed E-state index contributed by atoms with van der Waals surface area (Å²) in [5.41, 5.74) is 3.91. The van der Waals surface area contributed by atoms with E-state index in [2.05, 4.69) is 56.0 Å². The highest BCUT2D eigenvalue weighted by Gasteiger charge is 2.48. The van der Waals surface area contributed by atoms with Crippen LogP contribution < -0.4 is 0 Å². The number of hydrogen-bond donors (Lipinski definition) is 0. The topological polar surface area (TPSA) is 20.3 Å². The predicted molar refractivity (Wildman–Crippen MR) is 99.5 cm³/mol. The van der Waals surface area contributed by atoms with Crippen LogP contribution in [0.1, 0.15) is 57.7 Å². The summed E-state index contributed by atoms with van der Waals surface area (Å²) in [4.78, 5) is 18.0. The third kappa shape index (κ3) is 2.90. The molecule has 24 heavy (non-hydrogen) atoms. The molecule has 2 nitrogen and oxygen atoms in total. The van der Waals surface area contributed by atoms with Crippen LogP contribution in [0.4, 0.5) is 0 Å². The maximum absolute atomic E-state index is 13.1. The van der Waals surface area contributed by atoms with Gasteiger partial charge in [-0.1, -0.05) is 29.3 Å². The van der Waals surface area contributed by atoms with Crippen LogP contribution in [0.3, 0.4) is 0 Å². The fourth-order valence-corrected chi connectivity index (χ4v) is 5.28. The van der Waals surface area contributed by atoms with Crippen molar-refractivity contribution in [3.05, 3.63) is 56.8 Å². The minimum atomic E-state index is 0.217. The minimum absolute atomic E-state index is 0.217. The molecule has 2 aromatic rings. The maximum atomic E-state index is 13.1. The lowest BCUT2D eigenvalue weighted by Gasteiger charge is -2.26.